The lowest BCUT2D eigenvalue weighted by Gasteiger charge is -2.04. The zero-order valence-electron chi connectivity index (χ0n) is 8.42. The maximum atomic E-state index is 10.5. The molecule has 1 N–H and O–H groups in total. The summed E-state index contributed by atoms with van der Waals surface area (Å²) in [5.41, 5.74) is -0.500. The first-order valence-corrected chi connectivity index (χ1v) is 4.27. The number of nitrogens with zero attached hydrogens (tertiary/aromatic N) is 1. The molecule has 0 atom stereocenters. The van der Waals surface area contributed by atoms with E-state index in [2.05, 4.69) is 0 Å². The van der Waals surface area contributed by atoms with Gasteiger partial charge in [0.05, 0.1) is 5.60 Å². The van der Waals surface area contributed by atoms with E-state index >= 15 is 0 Å². The van der Waals surface area contributed by atoms with Crippen molar-refractivity contribution in [1.82, 2.24) is 4.90 Å². The van der Waals surface area contributed by atoms with E-state index in [0.29, 0.717) is 5.91 Å². The number of carbonyl (C=O) groups is 1. The van der Waals surface area contributed by atoms with Gasteiger partial charge in [-0.05, 0) is 27.2 Å². The first-order chi connectivity index (χ1) is 5.30. The Morgan fingerprint density at radius 2 is 1.83 bits per heavy atom. The molecule has 0 spiro atoms. The van der Waals surface area contributed by atoms with Crippen LogP contribution in [0, 0.1) is 0 Å². The topological polar surface area (TPSA) is 40.5 Å². The van der Waals surface area contributed by atoms with Crippen LogP contribution in [0.3, 0.4) is 0 Å². The number of rotatable bonds is 0. The number of aliphatic hydroxyl groups is 1. The third-order valence-electron chi connectivity index (χ3n) is 1.31. The second-order valence-electron chi connectivity index (χ2n) is 4.09. The van der Waals surface area contributed by atoms with E-state index in [4.69, 9.17) is 5.11 Å². The maximum absolute atomic E-state index is 10.5. The zero-order valence-corrected chi connectivity index (χ0v) is 8.42. The molecule has 72 valence electrons. The average Bonchev–Trinajstić information content (AvgIpc) is 2.12. The molecular weight excluding hydrogens is 154 g/mol. The molecule has 1 aliphatic rings. The molecule has 0 saturated carbocycles. The third-order valence-corrected chi connectivity index (χ3v) is 1.31. The van der Waals surface area contributed by atoms with Crippen LogP contribution in [0.25, 0.3) is 0 Å². The Hall–Kier alpha value is -0.570. The predicted octanol–water partition coefficient (Wildman–Crippen LogP) is 1.02. The Morgan fingerprint density at radius 3 is 1.92 bits per heavy atom. The van der Waals surface area contributed by atoms with E-state index in [1.807, 2.05) is 7.05 Å². The van der Waals surface area contributed by atoms with Gasteiger partial charge < -0.3 is 10.0 Å². The molecule has 3 heteroatoms. The highest BCUT2D eigenvalue weighted by molar-refractivity contribution is 5.77. The third kappa shape index (κ3) is 7.54. The minimum absolute atomic E-state index is 0.292. The number of hydrogen-bond acceptors (Lipinski definition) is 2. The van der Waals surface area contributed by atoms with Crippen LogP contribution in [-0.2, 0) is 4.79 Å². The Balaban J connectivity index is 0.000000217. The van der Waals surface area contributed by atoms with Crippen LogP contribution >= 0.6 is 0 Å². The molecule has 1 fully saturated rings. The van der Waals surface area contributed by atoms with E-state index in [-0.39, 0.29) is 0 Å². The van der Waals surface area contributed by atoms with Crippen LogP contribution in [0.2, 0.25) is 0 Å². The molecule has 0 unspecified atom stereocenters. The van der Waals surface area contributed by atoms with Crippen molar-refractivity contribution < 1.29 is 9.90 Å². The summed E-state index contributed by atoms with van der Waals surface area (Å²) in [6.07, 6.45) is 1.81. The van der Waals surface area contributed by atoms with Gasteiger partial charge in [-0.3, -0.25) is 4.79 Å². The van der Waals surface area contributed by atoms with Crippen molar-refractivity contribution >= 4 is 5.91 Å². The summed E-state index contributed by atoms with van der Waals surface area (Å²) >= 11 is 0. The van der Waals surface area contributed by atoms with E-state index in [0.717, 1.165) is 19.4 Å². The SMILES string of the molecule is CC(C)(C)O.CN1CCCC1=O. The molecule has 12 heavy (non-hydrogen) atoms. The first-order valence-electron chi connectivity index (χ1n) is 4.27. The average molecular weight is 173 g/mol. The summed E-state index contributed by atoms with van der Waals surface area (Å²) in [4.78, 5) is 12.3. The first kappa shape index (κ1) is 11.4. The molecule has 1 rings (SSSR count). The van der Waals surface area contributed by atoms with Crippen molar-refractivity contribution in [2.24, 2.45) is 0 Å². The van der Waals surface area contributed by atoms with Gasteiger partial charge in [-0.1, -0.05) is 0 Å². The molecule has 1 aliphatic heterocycles. The van der Waals surface area contributed by atoms with Crippen LogP contribution in [-0.4, -0.2) is 35.1 Å². The van der Waals surface area contributed by atoms with Crippen LogP contribution < -0.4 is 0 Å². The summed E-state index contributed by atoms with van der Waals surface area (Å²) in [7, 11) is 1.84. The zero-order chi connectivity index (χ0) is 9.78. The van der Waals surface area contributed by atoms with Gasteiger partial charge in [0.1, 0.15) is 0 Å². The normalized spacial score (nSPS) is 17.4. The molecule has 1 amide bonds. The Bertz CT molecular complexity index is 143. The van der Waals surface area contributed by atoms with Crippen molar-refractivity contribution in [1.29, 1.82) is 0 Å². The molecule has 0 aliphatic carbocycles. The lowest BCUT2D eigenvalue weighted by molar-refractivity contribution is -0.126. The van der Waals surface area contributed by atoms with Crippen LogP contribution in [0.15, 0.2) is 0 Å². The second-order valence-corrected chi connectivity index (χ2v) is 4.09. The Kier molecular flexibility index (Phi) is 4.24. The standard InChI is InChI=1S/C5H9NO.C4H10O/c1-6-4-2-3-5(6)7;1-4(2,3)5/h2-4H2,1H3;5H,1-3H3. The highest BCUT2D eigenvalue weighted by atomic mass is 16.3. The van der Waals surface area contributed by atoms with Gasteiger partial charge in [-0.2, -0.15) is 0 Å². The minimum atomic E-state index is -0.500. The van der Waals surface area contributed by atoms with Crippen LogP contribution in [0.5, 0.6) is 0 Å². The molecule has 0 aromatic carbocycles. The monoisotopic (exact) mass is 173 g/mol. The largest absolute Gasteiger partial charge is 0.391 e. The van der Waals surface area contributed by atoms with E-state index in [1.54, 1.807) is 25.7 Å². The van der Waals surface area contributed by atoms with Gasteiger partial charge in [-0.25, -0.2) is 0 Å². The fourth-order valence-electron chi connectivity index (χ4n) is 0.783. The maximum Gasteiger partial charge on any atom is 0.222 e. The highest BCUT2D eigenvalue weighted by Crippen LogP contribution is 2.04. The van der Waals surface area contributed by atoms with E-state index in [1.165, 1.54) is 0 Å². The molecule has 1 saturated heterocycles. The number of amides is 1. The molecule has 0 aromatic heterocycles. The van der Waals surface area contributed by atoms with Crippen LogP contribution in [0.4, 0.5) is 0 Å². The summed E-state index contributed by atoms with van der Waals surface area (Å²) in [5, 5.41) is 8.52. The molecular formula is C9H19NO2. The number of likely N-dealkylation sites (tertiary alicyclic amines) is 1. The quantitative estimate of drug-likeness (QED) is 0.594. The van der Waals surface area contributed by atoms with Crippen molar-refractivity contribution in [2.75, 3.05) is 13.6 Å². The smallest absolute Gasteiger partial charge is 0.222 e. The Morgan fingerprint density at radius 1 is 1.42 bits per heavy atom. The summed E-state index contributed by atoms with van der Waals surface area (Å²) < 4.78 is 0. The summed E-state index contributed by atoms with van der Waals surface area (Å²) in [5.74, 6) is 0.292. The lowest BCUT2D eigenvalue weighted by atomic mass is 10.2. The van der Waals surface area contributed by atoms with Crippen LogP contribution in [0.1, 0.15) is 33.6 Å². The summed E-state index contributed by atoms with van der Waals surface area (Å²) in [6, 6.07) is 0. The van der Waals surface area contributed by atoms with Gasteiger partial charge in [0.15, 0.2) is 0 Å². The van der Waals surface area contributed by atoms with Crippen molar-refractivity contribution in [3.63, 3.8) is 0 Å². The van der Waals surface area contributed by atoms with Crippen molar-refractivity contribution in [2.45, 2.75) is 39.2 Å². The minimum Gasteiger partial charge on any atom is -0.391 e. The van der Waals surface area contributed by atoms with Crippen molar-refractivity contribution in [3.05, 3.63) is 0 Å². The van der Waals surface area contributed by atoms with Gasteiger partial charge in [0.25, 0.3) is 0 Å². The molecule has 1 heterocycles. The van der Waals surface area contributed by atoms with Gasteiger partial charge in [0.2, 0.25) is 5.91 Å². The van der Waals surface area contributed by atoms with E-state index < -0.39 is 5.60 Å². The second kappa shape index (κ2) is 4.45. The molecule has 0 radical (unpaired) electrons. The number of carbonyl (C=O) groups excluding carboxylic acids is 1. The highest BCUT2D eigenvalue weighted by Gasteiger charge is 2.14. The fraction of sp³-hybridized carbons (Fsp3) is 0.889. The fourth-order valence-corrected chi connectivity index (χ4v) is 0.783. The predicted molar refractivity (Wildman–Crippen MR) is 48.8 cm³/mol. The Labute approximate surface area is 74.4 Å². The molecule has 0 aromatic rings. The molecule has 3 nitrogen and oxygen atoms in total. The lowest BCUT2D eigenvalue weighted by Crippen LogP contribution is -2.17. The van der Waals surface area contributed by atoms with Crippen molar-refractivity contribution in [3.8, 4) is 0 Å². The summed E-state index contributed by atoms with van der Waals surface area (Å²) in [6.45, 7) is 6.19. The van der Waals surface area contributed by atoms with Gasteiger partial charge in [-0.15, -0.1) is 0 Å². The number of hydrogen-bond donors (Lipinski definition) is 1. The van der Waals surface area contributed by atoms with Gasteiger partial charge in [0, 0.05) is 20.0 Å². The van der Waals surface area contributed by atoms with Gasteiger partial charge >= 0.3 is 0 Å². The van der Waals surface area contributed by atoms with E-state index in [9.17, 15) is 4.79 Å². The molecule has 0 bridgehead atoms.